The van der Waals surface area contributed by atoms with Gasteiger partial charge in [-0.05, 0) is 12.5 Å². The number of methoxy groups -OCH3 is 1. The molecule has 0 radical (unpaired) electrons. The van der Waals surface area contributed by atoms with Gasteiger partial charge in [0.15, 0.2) is 11.3 Å². The van der Waals surface area contributed by atoms with Gasteiger partial charge in [0.05, 0.1) is 0 Å². The van der Waals surface area contributed by atoms with Crippen LogP contribution in [0.2, 0.25) is 0 Å². The predicted octanol–water partition coefficient (Wildman–Crippen LogP) is 0.496. The zero-order valence-electron chi connectivity index (χ0n) is 9.59. The average molecular weight is 234 g/mol. The van der Waals surface area contributed by atoms with E-state index in [9.17, 15) is 4.79 Å². The predicted molar refractivity (Wildman–Crippen MR) is 61.8 cm³/mol. The molecule has 0 aliphatic heterocycles. The summed E-state index contributed by atoms with van der Waals surface area (Å²) in [5.41, 5.74) is 1.04. The van der Waals surface area contributed by atoms with Gasteiger partial charge in [-0.1, -0.05) is 0 Å². The van der Waals surface area contributed by atoms with Gasteiger partial charge in [-0.2, -0.15) is 5.10 Å². The lowest BCUT2D eigenvalue weighted by molar-refractivity contribution is 0.0943. The molecule has 2 heterocycles. The molecule has 1 amide bonds. The third-order valence-electron chi connectivity index (χ3n) is 2.28. The van der Waals surface area contributed by atoms with Crippen LogP contribution in [0.25, 0.3) is 5.65 Å². The highest BCUT2D eigenvalue weighted by molar-refractivity contribution is 5.93. The maximum atomic E-state index is 11.7. The molecule has 0 aliphatic carbocycles. The van der Waals surface area contributed by atoms with Crippen molar-refractivity contribution in [3.8, 4) is 0 Å². The Labute approximate surface area is 98.6 Å². The van der Waals surface area contributed by atoms with Gasteiger partial charge in [0.25, 0.3) is 5.91 Å². The number of hydrogen-bond acceptors (Lipinski definition) is 4. The Morgan fingerprint density at radius 1 is 1.59 bits per heavy atom. The highest BCUT2D eigenvalue weighted by Gasteiger charge is 2.10. The average Bonchev–Trinajstić information content (AvgIpc) is 2.78. The fourth-order valence-corrected chi connectivity index (χ4v) is 1.45. The largest absolute Gasteiger partial charge is 0.385 e. The number of nitrogens with one attached hydrogen (secondary N) is 1. The summed E-state index contributed by atoms with van der Waals surface area (Å²) in [6.45, 7) is 1.21. The Hall–Kier alpha value is -1.95. The number of nitrogens with zero attached hydrogens (tertiary/aromatic N) is 3. The van der Waals surface area contributed by atoms with Crippen LogP contribution in [0, 0.1) is 0 Å². The van der Waals surface area contributed by atoms with Crippen LogP contribution in [-0.4, -0.2) is 40.8 Å². The number of carbonyl (C=O) groups excluding carboxylic acids is 1. The zero-order valence-corrected chi connectivity index (χ0v) is 9.59. The number of hydrogen-bond donors (Lipinski definition) is 1. The molecule has 6 heteroatoms. The molecule has 0 atom stereocenters. The summed E-state index contributed by atoms with van der Waals surface area (Å²) in [5.74, 6) is -0.188. The normalized spacial score (nSPS) is 10.6. The fraction of sp³-hybridized carbons (Fsp3) is 0.364. The lowest BCUT2D eigenvalue weighted by atomic mass is 10.4. The summed E-state index contributed by atoms with van der Waals surface area (Å²) in [5, 5.41) is 6.89. The monoisotopic (exact) mass is 234 g/mol. The molecular formula is C11H14N4O2. The summed E-state index contributed by atoms with van der Waals surface area (Å²) < 4.78 is 6.47. The van der Waals surface area contributed by atoms with E-state index in [2.05, 4.69) is 15.4 Å². The second-order valence-electron chi connectivity index (χ2n) is 3.55. The lowest BCUT2D eigenvalue weighted by Gasteiger charge is -2.01. The van der Waals surface area contributed by atoms with Gasteiger partial charge >= 0.3 is 0 Å². The van der Waals surface area contributed by atoms with E-state index in [0.717, 1.165) is 6.42 Å². The van der Waals surface area contributed by atoms with Crippen molar-refractivity contribution in [1.82, 2.24) is 19.9 Å². The molecule has 0 saturated heterocycles. The van der Waals surface area contributed by atoms with Gasteiger partial charge in [-0.15, -0.1) is 0 Å². The molecule has 0 aliphatic rings. The highest BCUT2D eigenvalue weighted by atomic mass is 16.5. The second-order valence-corrected chi connectivity index (χ2v) is 3.55. The Morgan fingerprint density at radius 2 is 2.47 bits per heavy atom. The molecule has 0 fully saturated rings. The Bertz CT molecular complexity index is 476. The molecule has 2 aromatic rings. The van der Waals surface area contributed by atoms with Crippen LogP contribution < -0.4 is 5.32 Å². The van der Waals surface area contributed by atoms with E-state index in [0.29, 0.717) is 24.5 Å². The molecule has 0 bridgehead atoms. The number of aromatic nitrogens is 3. The third-order valence-corrected chi connectivity index (χ3v) is 2.28. The van der Waals surface area contributed by atoms with Gasteiger partial charge in [-0.25, -0.2) is 9.50 Å². The molecule has 0 spiro atoms. The van der Waals surface area contributed by atoms with E-state index in [-0.39, 0.29) is 5.91 Å². The molecule has 2 aromatic heterocycles. The molecule has 17 heavy (non-hydrogen) atoms. The van der Waals surface area contributed by atoms with Crippen molar-refractivity contribution in [2.75, 3.05) is 20.3 Å². The van der Waals surface area contributed by atoms with Crippen molar-refractivity contribution in [3.63, 3.8) is 0 Å². The minimum absolute atomic E-state index is 0.188. The molecule has 0 aromatic carbocycles. The van der Waals surface area contributed by atoms with Crippen LogP contribution in [0.1, 0.15) is 16.9 Å². The van der Waals surface area contributed by atoms with Crippen molar-refractivity contribution >= 4 is 11.6 Å². The maximum absolute atomic E-state index is 11.7. The first-order chi connectivity index (χ1) is 8.31. The van der Waals surface area contributed by atoms with Crippen molar-refractivity contribution in [2.45, 2.75) is 6.42 Å². The molecule has 0 saturated carbocycles. The van der Waals surface area contributed by atoms with Crippen molar-refractivity contribution in [1.29, 1.82) is 0 Å². The van der Waals surface area contributed by atoms with Crippen LogP contribution in [0.3, 0.4) is 0 Å². The molecule has 2 rings (SSSR count). The number of rotatable bonds is 5. The summed E-state index contributed by atoms with van der Waals surface area (Å²) in [6.07, 6.45) is 4.20. The van der Waals surface area contributed by atoms with E-state index < -0.39 is 0 Å². The topological polar surface area (TPSA) is 68.5 Å². The Balaban J connectivity index is 1.99. The summed E-state index contributed by atoms with van der Waals surface area (Å²) >= 11 is 0. The van der Waals surface area contributed by atoms with Crippen LogP contribution >= 0.6 is 0 Å². The smallest absolute Gasteiger partial charge is 0.271 e. The summed E-state index contributed by atoms with van der Waals surface area (Å²) in [4.78, 5) is 15.8. The molecule has 90 valence electrons. The standard InChI is InChI=1S/C11H14N4O2/c1-17-7-3-5-13-11(16)9-8-10-12-4-2-6-15(10)14-9/h2,4,6,8H,3,5,7H2,1H3,(H,13,16). The SMILES string of the molecule is COCCCNC(=O)c1cc2ncccn2n1. The van der Waals surface area contributed by atoms with Gasteiger partial charge < -0.3 is 10.1 Å². The van der Waals surface area contributed by atoms with Crippen molar-refractivity contribution in [2.24, 2.45) is 0 Å². The van der Waals surface area contributed by atoms with Crippen LogP contribution in [0.5, 0.6) is 0 Å². The van der Waals surface area contributed by atoms with E-state index in [4.69, 9.17) is 4.74 Å². The molecular weight excluding hydrogens is 220 g/mol. The number of ether oxygens (including phenoxy) is 1. The van der Waals surface area contributed by atoms with Gasteiger partial charge in [0, 0.05) is 38.7 Å². The Kier molecular flexibility index (Phi) is 3.66. The van der Waals surface area contributed by atoms with Crippen LogP contribution in [0.15, 0.2) is 24.5 Å². The second kappa shape index (κ2) is 5.40. The number of carbonyl (C=O) groups is 1. The fourth-order valence-electron chi connectivity index (χ4n) is 1.45. The Morgan fingerprint density at radius 3 is 3.24 bits per heavy atom. The molecule has 1 N–H and O–H groups in total. The van der Waals surface area contributed by atoms with Crippen LogP contribution in [-0.2, 0) is 4.74 Å². The van der Waals surface area contributed by atoms with Crippen molar-refractivity contribution in [3.05, 3.63) is 30.2 Å². The maximum Gasteiger partial charge on any atom is 0.271 e. The van der Waals surface area contributed by atoms with E-state index >= 15 is 0 Å². The highest BCUT2D eigenvalue weighted by Crippen LogP contribution is 2.02. The lowest BCUT2D eigenvalue weighted by Crippen LogP contribution is -2.25. The minimum Gasteiger partial charge on any atom is -0.385 e. The van der Waals surface area contributed by atoms with E-state index in [1.54, 1.807) is 36.2 Å². The van der Waals surface area contributed by atoms with Gasteiger partial charge in [0.1, 0.15) is 0 Å². The van der Waals surface area contributed by atoms with Gasteiger partial charge in [-0.3, -0.25) is 4.79 Å². The van der Waals surface area contributed by atoms with E-state index in [1.807, 2.05) is 0 Å². The van der Waals surface area contributed by atoms with E-state index in [1.165, 1.54) is 0 Å². The molecule has 6 nitrogen and oxygen atoms in total. The number of amides is 1. The zero-order chi connectivity index (χ0) is 12.1. The minimum atomic E-state index is -0.188. The summed E-state index contributed by atoms with van der Waals surface area (Å²) in [7, 11) is 1.63. The number of fused-ring (bicyclic) bond motifs is 1. The van der Waals surface area contributed by atoms with Crippen LogP contribution in [0.4, 0.5) is 0 Å². The first kappa shape index (κ1) is 11.5. The first-order valence-electron chi connectivity index (χ1n) is 5.39. The quantitative estimate of drug-likeness (QED) is 0.765. The van der Waals surface area contributed by atoms with Crippen molar-refractivity contribution < 1.29 is 9.53 Å². The first-order valence-corrected chi connectivity index (χ1v) is 5.39. The molecule has 0 unspecified atom stereocenters. The summed E-state index contributed by atoms with van der Waals surface area (Å²) in [6, 6.07) is 3.42. The van der Waals surface area contributed by atoms with Gasteiger partial charge in [0.2, 0.25) is 0 Å². The third kappa shape index (κ3) is 2.79.